The van der Waals surface area contributed by atoms with E-state index in [-0.39, 0.29) is 23.0 Å². The fraction of sp³-hybridized carbons (Fsp3) is 0.588. The third-order valence-electron chi connectivity index (χ3n) is 5.18. The molecular weight excluding hydrogens is 345 g/mol. The molecule has 2 amide bonds. The topological polar surface area (TPSA) is 69.7 Å². The van der Waals surface area contributed by atoms with Gasteiger partial charge in [0.1, 0.15) is 5.82 Å². The number of rotatable bonds is 3. The number of hydrogen-bond acceptors (Lipinski definition) is 3. The third-order valence-corrected chi connectivity index (χ3v) is 7.58. The van der Waals surface area contributed by atoms with Crippen LogP contribution in [0.25, 0.3) is 0 Å². The molecule has 2 atom stereocenters. The number of likely N-dealkylation sites (tertiary alicyclic amines) is 1. The largest absolute Gasteiger partial charge is 0.338 e. The van der Waals surface area contributed by atoms with Gasteiger partial charge in [-0.2, -0.15) is 0 Å². The van der Waals surface area contributed by atoms with Crippen molar-refractivity contribution in [2.75, 3.05) is 33.2 Å². The van der Waals surface area contributed by atoms with Gasteiger partial charge in [0.05, 0.1) is 5.25 Å². The van der Waals surface area contributed by atoms with Crippen LogP contribution in [0.5, 0.6) is 0 Å². The Hall–Kier alpha value is -1.67. The predicted molar refractivity (Wildman–Crippen MR) is 93.1 cm³/mol. The van der Waals surface area contributed by atoms with E-state index in [0.717, 1.165) is 5.56 Å². The molecule has 2 saturated heterocycles. The summed E-state index contributed by atoms with van der Waals surface area (Å²) in [7, 11) is -1.58. The van der Waals surface area contributed by atoms with E-state index in [0.29, 0.717) is 45.4 Å². The smallest absolute Gasteiger partial charge is 0.317 e. The Balaban J connectivity index is 1.50. The molecule has 2 aliphatic heterocycles. The number of carbonyl (C=O) groups is 1. The summed E-state index contributed by atoms with van der Waals surface area (Å²) in [6, 6.07) is 6.06. The second kappa shape index (κ2) is 7.29. The Bertz CT molecular complexity index is 723. The van der Waals surface area contributed by atoms with E-state index in [9.17, 15) is 17.6 Å². The van der Waals surface area contributed by atoms with Crippen molar-refractivity contribution in [1.82, 2.24) is 14.5 Å². The highest BCUT2D eigenvalue weighted by molar-refractivity contribution is 7.90. The van der Waals surface area contributed by atoms with Crippen LogP contribution < -0.4 is 5.32 Å². The molecule has 0 bridgehead atoms. The third kappa shape index (κ3) is 3.95. The van der Waals surface area contributed by atoms with E-state index < -0.39 is 10.0 Å². The molecule has 2 aliphatic rings. The van der Waals surface area contributed by atoms with Gasteiger partial charge in [-0.25, -0.2) is 21.9 Å². The van der Waals surface area contributed by atoms with Crippen LogP contribution in [0.4, 0.5) is 9.18 Å². The van der Waals surface area contributed by atoms with Crippen molar-refractivity contribution in [3.8, 4) is 0 Å². The fourth-order valence-corrected chi connectivity index (χ4v) is 5.66. The van der Waals surface area contributed by atoms with Gasteiger partial charge >= 0.3 is 6.03 Å². The zero-order chi connectivity index (χ0) is 18.0. The second-order valence-electron chi connectivity index (χ2n) is 6.80. The van der Waals surface area contributed by atoms with Gasteiger partial charge in [0.2, 0.25) is 10.0 Å². The summed E-state index contributed by atoms with van der Waals surface area (Å²) in [5.74, 6) is -0.171. The van der Waals surface area contributed by atoms with Gasteiger partial charge in [-0.3, -0.25) is 0 Å². The standard InChI is InChI=1S/C17H24FN3O3S/c1-20-12-14-7-10-21(11-8-16(14)25(20,23)24)17(22)19-9-6-13-2-4-15(18)5-3-13/h2-5,14,16H,6-12H2,1H3,(H,19,22)/t14-,16-/m0/s1. The highest BCUT2D eigenvalue weighted by atomic mass is 32.2. The monoisotopic (exact) mass is 369 g/mol. The van der Waals surface area contributed by atoms with Crippen LogP contribution in [0.2, 0.25) is 0 Å². The number of urea groups is 1. The molecule has 0 aliphatic carbocycles. The lowest BCUT2D eigenvalue weighted by molar-refractivity contribution is 0.199. The maximum absolute atomic E-state index is 12.9. The Morgan fingerprint density at radius 3 is 2.64 bits per heavy atom. The Morgan fingerprint density at radius 2 is 1.92 bits per heavy atom. The molecule has 3 rings (SSSR count). The predicted octanol–water partition coefficient (Wildman–Crippen LogP) is 1.43. The van der Waals surface area contributed by atoms with Gasteiger partial charge in [0.25, 0.3) is 0 Å². The average molecular weight is 369 g/mol. The maximum atomic E-state index is 12.9. The van der Waals surface area contributed by atoms with Crippen LogP contribution >= 0.6 is 0 Å². The van der Waals surface area contributed by atoms with Crippen molar-refractivity contribution in [2.24, 2.45) is 5.92 Å². The summed E-state index contributed by atoms with van der Waals surface area (Å²) in [5, 5.41) is 2.51. The molecule has 8 heteroatoms. The van der Waals surface area contributed by atoms with Gasteiger partial charge in [0, 0.05) is 33.2 Å². The first-order chi connectivity index (χ1) is 11.9. The van der Waals surface area contributed by atoms with Crippen molar-refractivity contribution in [1.29, 1.82) is 0 Å². The number of hydrogen-bond donors (Lipinski definition) is 1. The minimum atomic E-state index is -3.21. The summed E-state index contributed by atoms with van der Waals surface area (Å²) >= 11 is 0. The van der Waals surface area contributed by atoms with Crippen molar-refractivity contribution in [3.63, 3.8) is 0 Å². The number of nitrogens with zero attached hydrogens (tertiary/aromatic N) is 2. The van der Waals surface area contributed by atoms with Crippen LogP contribution in [-0.2, 0) is 16.4 Å². The van der Waals surface area contributed by atoms with Crippen LogP contribution in [0.15, 0.2) is 24.3 Å². The molecule has 0 aromatic heterocycles. The van der Waals surface area contributed by atoms with E-state index in [4.69, 9.17) is 0 Å². The van der Waals surface area contributed by atoms with Gasteiger partial charge < -0.3 is 10.2 Å². The highest BCUT2D eigenvalue weighted by Gasteiger charge is 2.45. The number of nitrogens with one attached hydrogen (secondary N) is 1. The quantitative estimate of drug-likeness (QED) is 0.876. The molecule has 1 aromatic carbocycles. The van der Waals surface area contributed by atoms with Crippen molar-refractivity contribution >= 4 is 16.1 Å². The second-order valence-corrected chi connectivity index (χ2v) is 9.06. The molecule has 0 saturated carbocycles. The molecule has 138 valence electrons. The van der Waals surface area contributed by atoms with Gasteiger partial charge in [-0.1, -0.05) is 12.1 Å². The minimum absolute atomic E-state index is 0.104. The number of halogens is 1. The first-order valence-electron chi connectivity index (χ1n) is 8.60. The summed E-state index contributed by atoms with van der Waals surface area (Å²) in [6.45, 7) is 2.05. The molecule has 0 spiro atoms. The van der Waals surface area contributed by atoms with Gasteiger partial charge in [-0.15, -0.1) is 0 Å². The average Bonchev–Trinajstić information content (AvgIpc) is 2.72. The fourth-order valence-electron chi connectivity index (χ4n) is 3.68. The molecule has 2 heterocycles. The number of benzene rings is 1. The van der Waals surface area contributed by atoms with Crippen molar-refractivity contribution < 1.29 is 17.6 Å². The lowest BCUT2D eigenvalue weighted by Crippen LogP contribution is -2.41. The molecule has 0 radical (unpaired) electrons. The number of carbonyl (C=O) groups excluding carboxylic acids is 1. The van der Waals surface area contributed by atoms with Gasteiger partial charge in [-0.05, 0) is 42.9 Å². The molecule has 1 N–H and O–H groups in total. The highest BCUT2D eigenvalue weighted by Crippen LogP contribution is 2.33. The molecule has 25 heavy (non-hydrogen) atoms. The van der Waals surface area contributed by atoms with Crippen molar-refractivity contribution in [2.45, 2.75) is 24.5 Å². The van der Waals surface area contributed by atoms with Crippen molar-refractivity contribution in [3.05, 3.63) is 35.6 Å². The summed E-state index contributed by atoms with van der Waals surface area (Å²) in [6.07, 6.45) is 1.83. The Labute approximate surface area is 148 Å². The van der Waals surface area contributed by atoms with Crippen LogP contribution in [0.3, 0.4) is 0 Å². The lowest BCUT2D eigenvalue weighted by atomic mass is 10.0. The van der Waals surface area contributed by atoms with E-state index in [2.05, 4.69) is 5.32 Å². The minimum Gasteiger partial charge on any atom is -0.338 e. The van der Waals surface area contributed by atoms with E-state index >= 15 is 0 Å². The summed E-state index contributed by atoms with van der Waals surface area (Å²) < 4.78 is 38.9. The van der Waals surface area contributed by atoms with Crippen LogP contribution in [0.1, 0.15) is 18.4 Å². The summed E-state index contributed by atoms with van der Waals surface area (Å²) in [4.78, 5) is 14.0. The van der Waals surface area contributed by atoms with E-state index in [1.807, 2.05) is 0 Å². The zero-order valence-electron chi connectivity index (χ0n) is 14.3. The number of amides is 2. The first kappa shape index (κ1) is 18.1. The number of fused-ring (bicyclic) bond motifs is 1. The lowest BCUT2D eigenvalue weighted by Gasteiger charge is -2.22. The Morgan fingerprint density at radius 1 is 1.24 bits per heavy atom. The summed E-state index contributed by atoms with van der Waals surface area (Å²) in [5.41, 5.74) is 0.959. The first-order valence-corrected chi connectivity index (χ1v) is 10.1. The molecule has 2 fully saturated rings. The van der Waals surface area contributed by atoms with Crippen LogP contribution in [-0.4, -0.2) is 62.1 Å². The van der Waals surface area contributed by atoms with Gasteiger partial charge in [0.15, 0.2) is 0 Å². The van der Waals surface area contributed by atoms with E-state index in [1.165, 1.54) is 16.4 Å². The van der Waals surface area contributed by atoms with Crippen LogP contribution in [0, 0.1) is 11.7 Å². The molecule has 1 aromatic rings. The number of sulfonamides is 1. The molecule has 0 unspecified atom stereocenters. The normalized spacial score (nSPS) is 26.1. The van der Waals surface area contributed by atoms with E-state index in [1.54, 1.807) is 24.1 Å². The SMILES string of the molecule is CN1C[C@@H]2CCN(C(=O)NCCc3ccc(F)cc3)CC[C@@H]2S1(=O)=O. The maximum Gasteiger partial charge on any atom is 0.317 e. The zero-order valence-corrected chi connectivity index (χ0v) is 15.1. The molecular formula is C17H24FN3O3S. The molecule has 6 nitrogen and oxygen atoms in total. The Kier molecular flexibility index (Phi) is 5.29.